The van der Waals surface area contributed by atoms with Crippen LogP contribution in [-0.2, 0) is 0 Å². The molecule has 0 saturated heterocycles. The monoisotopic (exact) mass is 610 g/mol. The minimum Gasteiger partial charge on any atom is -0.393 e. The molecular formula is C32H48F6O4. The summed E-state index contributed by atoms with van der Waals surface area (Å²) in [6.07, 6.45) is -1.06. The maximum absolute atomic E-state index is 13.3. The molecule has 3 fully saturated rings. The van der Waals surface area contributed by atoms with Crippen LogP contribution in [0.25, 0.3) is 0 Å². The second-order valence-electron chi connectivity index (χ2n) is 14.2. The van der Waals surface area contributed by atoms with Gasteiger partial charge in [-0.15, -0.1) is 0 Å². The van der Waals surface area contributed by atoms with Crippen molar-refractivity contribution in [2.24, 2.45) is 22.7 Å². The molecule has 3 rings (SSSR count). The van der Waals surface area contributed by atoms with Crippen molar-refractivity contribution in [3.8, 4) is 0 Å². The first-order valence-corrected chi connectivity index (χ1v) is 15.1. The summed E-state index contributed by atoms with van der Waals surface area (Å²) in [6, 6.07) is 0. The standard InChI is InChI=1S/C32H48F6O4/c1-27(2,41)13-6-14-28(3,15-7-17-30(42,31(33,34)35)32(36,37)38)26-12-11-25-22(8-5-16-29(25,26)4)10-9-21-18-23(39)20-24(40)19-21/h7,9-10,17,23-26,39-42H,5-6,8,11-16,18-20H2,1-4H3/b17-7+,21-9?,22-10+/t23-,24?,25?,26-,28-,29+/m1/s1. The van der Waals surface area contributed by atoms with Gasteiger partial charge in [0.25, 0.3) is 5.60 Å². The minimum atomic E-state index is -5.91. The molecule has 3 saturated carbocycles. The quantitative estimate of drug-likeness (QED) is 0.159. The van der Waals surface area contributed by atoms with E-state index in [0.717, 1.165) is 43.8 Å². The third-order valence-corrected chi connectivity index (χ3v) is 10.2. The first kappa shape index (κ1) is 35.1. The van der Waals surface area contributed by atoms with Crippen LogP contribution in [0.4, 0.5) is 26.3 Å². The maximum Gasteiger partial charge on any atom is 0.429 e. The molecule has 6 atom stereocenters. The fraction of sp³-hybridized carbons (Fsp3) is 0.812. The molecule has 4 nitrogen and oxygen atoms in total. The van der Waals surface area contributed by atoms with Crippen molar-refractivity contribution < 1.29 is 46.8 Å². The molecule has 42 heavy (non-hydrogen) atoms. The van der Waals surface area contributed by atoms with E-state index in [1.807, 2.05) is 13.0 Å². The van der Waals surface area contributed by atoms with Crippen LogP contribution in [0.2, 0.25) is 0 Å². The molecule has 0 aromatic heterocycles. The summed E-state index contributed by atoms with van der Waals surface area (Å²) in [5, 5.41) is 40.1. The van der Waals surface area contributed by atoms with E-state index in [9.17, 15) is 46.8 Å². The molecule has 0 amide bonds. The summed E-state index contributed by atoms with van der Waals surface area (Å²) in [5.74, 6) is 0.201. The van der Waals surface area contributed by atoms with Crippen LogP contribution in [0.15, 0.2) is 35.5 Å². The van der Waals surface area contributed by atoms with Gasteiger partial charge >= 0.3 is 12.4 Å². The summed E-state index contributed by atoms with van der Waals surface area (Å²) < 4.78 is 80.1. The third-order valence-electron chi connectivity index (χ3n) is 10.2. The smallest absolute Gasteiger partial charge is 0.393 e. The van der Waals surface area contributed by atoms with Gasteiger partial charge in [-0.25, -0.2) is 0 Å². The van der Waals surface area contributed by atoms with E-state index in [0.29, 0.717) is 38.5 Å². The van der Waals surface area contributed by atoms with E-state index in [2.05, 4.69) is 13.0 Å². The van der Waals surface area contributed by atoms with E-state index in [4.69, 9.17) is 0 Å². The van der Waals surface area contributed by atoms with Crippen molar-refractivity contribution in [3.05, 3.63) is 35.5 Å². The Balaban J connectivity index is 1.91. The summed E-state index contributed by atoms with van der Waals surface area (Å²) in [5.41, 5.74) is -4.53. The highest BCUT2D eigenvalue weighted by Crippen LogP contribution is 2.64. The Labute approximate surface area is 245 Å². The average Bonchev–Trinajstić information content (AvgIpc) is 3.18. The largest absolute Gasteiger partial charge is 0.429 e. The van der Waals surface area contributed by atoms with Gasteiger partial charge in [0.1, 0.15) is 0 Å². The summed E-state index contributed by atoms with van der Waals surface area (Å²) >= 11 is 0. The zero-order valence-corrected chi connectivity index (χ0v) is 25.2. The number of halogens is 6. The van der Waals surface area contributed by atoms with Crippen LogP contribution in [0.3, 0.4) is 0 Å². The third kappa shape index (κ3) is 7.83. The molecule has 0 aromatic rings. The summed E-state index contributed by atoms with van der Waals surface area (Å²) in [4.78, 5) is 0. The molecule has 2 unspecified atom stereocenters. The number of allylic oxidation sites excluding steroid dienone is 4. The molecule has 0 aliphatic heterocycles. The van der Waals surface area contributed by atoms with Gasteiger partial charge < -0.3 is 20.4 Å². The first-order chi connectivity index (χ1) is 19.1. The van der Waals surface area contributed by atoms with Gasteiger partial charge in [-0.05, 0) is 113 Å². The predicted octanol–water partition coefficient (Wildman–Crippen LogP) is 7.71. The van der Waals surface area contributed by atoms with Crippen molar-refractivity contribution in [3.63, 3.8) is 0 Å². The van der Waals surface area contributed by atoms with E-state index in [1.54, 1.807) is 13.8 Å². The van der Waals surface area contributed by atoms with Crippen LogP contribution in [0, 0.1) is 22.7 Å². The molecule has 3 aliphatic rings. The van der Waals surface area contributed by atoms with Crippen LogP contribution in [0.5, 0.6) is 0 Å². The Morgan fingerprint density at radius 1 is 0.881 bits per heavy atom. The number of alkyl halides is 6. The predicted molar refractivity (Wildman–Crippen MR) is 149 cm³/mol. The highest BCUT2D eigenvalue weighted by Gasteiger charge is 2.69. The summed E-state index contributed by atoms with van der Waals surface area (Å²) in [7, 11) is 0. The number of fused-ring (bicyclic) bond motifs is 1. The molecule has 3 aliphatic carbocycles. The number of hydrogen-bond donors (Lipinski definition) is 4. The summed E-state index contributed by atoms with van der Waals surface area (Å²) in [6.45, 7) is 7.44. The Hall–Kier alpha value is -1.36. The number of aliphatic hydroxyl groups excluding tert-OH is 2. The zero-order chi connectivity index (χ0) is 31.8. The Morgan fingerprint density at radius 2 is 1.48 bits per heavy atom. The van der Waals surface area contributed by atoms with E-state index in [-0.39, 0.29) is 29.7 Å². The molecule has 242 valence electrons. The van der Waals surface area contributed by atoms with E-state index >= 15 is 0 Å². The molecule has 0 spiro atoms. The fourth-order valence-corrected chi connectivity index (χ4v) is 8.11. The number of aliphatic hydroxyl groups is 4. The Bertz CT molecular complexity index is 997. The zero-order valence-electron chi connectivity index (χ0n) is 25.2. The average molecular weight is 611 g/mol. The number of hydrogen-bond acceptors (Lipinski definition) is 4. The van der Waals surface area contributed by atoms with Crippen molar-refractivity contribution in [1.29, 1.82) is 0 Å². The van der Waals surface area contributed by atoms with E-state index in [1.165, 1.54) is 5.57 Å². The Kier molecular flexibility index (Phi) is 10.5. The molecule has 4 N–H and O–H groups in total. The lowest BCUT2D eigenvalue weighted by Crippen LogP contribution is -2.55. The lowest BCUT2D eigenvalue weighted by molar-refractivity contribution is -0.347. The molecule has 0 heterocycles. The lowest BCUT2D eigenvalue weighted by Gasteiger charge is -2.49. The minimum absolute atomic E-state index is 0.000925. The number of rotatable bonds is 9. The van der Waals surface area contributed by atoms with Gasteiger partial charge in [-0.2, -0.15) is 26.3 Å². The van der Waals surface area contributed by atoms with E-state index < -0.39 is 41.2 Å². The van der Waals surface area contributed by atoms with Gasteiger partial charge in [0.2, 0.25) is 0 Å². The van der Waals surface area contributed by atoms with Gasteiger partial charge in [0.05, 0.1) is 17.8 Å². The van der Waals surface area contributed by atoms with Crippen molar-refractivity contribution in [1.82, 2.24) is 0 Å². The first-order valence-electron chi connectivity index (χ1n) is 15.1. The molecule has 0 radical (unpaired) electrons. The molecule has 0 aromatic carbocycles. The van der Waals surface area contributed by atoms with Gasteiger partial charge in [-0.3, -0.25) is 0 Å². The van der Waals surface area contributed by atoms with Crippen LogP contribution >= 0.6 is 0 Å². The normalized spacial score (nSPS) is 33.4. The lowest BCUT2D eigenvalue weighted by atomic mass is 9.55. The highest BCUT2D eigenvalue weighted by molar-refractivity contribution is 5.27. The fourth-order valence-electron chi connectivity index (χ4n) is 8.11. The van der Waals surface area contributed by atoms with Gasteiger partial charge in [0.15, 0.2) is 0 Å². The maximum atomic E-state index is 13.3. The van der Waals surface area contributed by atoms with Crippen LogP contribution in [0.1, 0.15) is 105 Å². The van der Waals surface area contributed by atoms with Gasteiger partial charge in [-0.1, -0.05) is 49.6 Å². The van der Waals surface area contributed by atoms with Crippen molar-refractivity contribution >= 4 is 0 Å². The molecule has 0 bridgehead atoms. The highest BCUT2D eigenvalue weighted by atomic mass is 19.4. The SMILES string of the molecule is CC(C)(O)CCC[C@](C)(C/C=C/C(O)(C(F)(F)F)C(F)(F)F)[C@H]1CCC2/C(=C/C=C3CC(O)C[C@H](O)C3)CCC[C@@]21C. The molecule has 10 heteroatoms. The second-order valence-corrected chi connectivity index (χ2v) is 14.2. The van der Waals surface area contributed by atoms with Crippen LogP contribution in [-0.4, -0.2) is 56.2 Å². The Morgan fingerprint density at radius 3 is 2.02 bits per heavy atom. The van der Waals surface area contributed by atoms with Crippen molar-refractivity contribution in [2.45, 2.75) is 141 Å². The molecular weight excluding hydrogens is 562 g/mol. The van der Waals surface area contributed by atoms with Crippen LogP contribution < -0.4 is 0 Å². The van der Waals surface area contributed by atoms with Crippen molar-refractivity contribution in [2.75, 3.05) is 0 Å². The topological polar surface area (TPSA) is 80.9 Å². The second kappa shape index (κ2) is 12.6. The van der Waals surface area contributed by atoms with Gasteiger partial charge in [0, 0.05) is 0 Å².